The predicted octanol–water partition coefficient (Wildman–Crippen LogP) is 4.78. The van der Waals surface area contributed by atoms with Crippen LogP contribution in [0.1, 0.15) is 19.3 Å². The van der Waals surface area contributed by atoms with Gasteiger partial charge in [-0.25, -0.2) is 0 Å². The maximum atomic E-state index is 12.8. The van der Waals surface area contributed by atoms with Crippen LogP contribution in [0.5, 0.6) is 0 Å². The Morgan fingerprint density at radius 2 is 1.56 bits per heavy atom. The zero-order valence-electron chi connectivity index (χ0n) is 20.4. The second-order valence-electron chi connectivity index (χ2n) is 9.89. The summed E-state index contributed by atoms with van der Waals surface area (Å²) in [6, 6.07) is 15.3. The van der Waals surface area contributed by atoms with E-state index < -0.39 is 5.51 Å². The molecular weight excluding hydrogens is 485 g/mol. The van der Waals surface area contributed by atoms with E-state index in [0.717, 1.165) is 75.2 Å². The molecule has 5 rings (SSSR count). The number of piperazine rings is 2. The van der Waals surface area contributed by atoms with Gasteiger partial charge in [-0.05, 0) is 60.0 Å². The highest BCUT2D eigenvalue weighted by atomic mass is 32.2. The standard InChI is InChI=1S/C27H33F3N4OS/c28-27(29,30)36-25-6-1-3-22(19-25)21-7-9-24(10-8-21)32-13-11-31(12-14-32)20-26(35)34-17-15-33(16-18-34)23-4-2-5-23/h1,3,6-10,19,23H,2,4-5,11-18,20H2. The Bertz CT molecular complexity index is 1030. The van der Waals surface area contributed by atoms with Gasteiger partial charge in [0.2, 0.25) is 5.91 Å². The van der Waals surface area contributed by atoms with Crippen molar-refractivity contribution in [3.8, 4) is 11.1 Å². The molecular formula is C27H33F3N4OS. The van der Waals surface area contributed by atoms with Gasteiger partial charge in [-0.2, -0.15) is 13.2 Å². The van der Waals surface area contributed by atoms with E-state index in [1.165, 1.54) is 25.3 Å². The fourth-order valence-corrected chi connectivity index (χ4v) is 5.88. The third-order valence-electron chi connectivity index (χ3n) is 7.62. The molecule has 2 heterocycles. The molecule has 0 radical (unpaired) electrons. The number of benzene rings is 2. The molecule has 0 unspecified atom stereocenters. The van der Waals surface area contributed by atoms with Crippen molar-refractivity contribution in [2.75, 3.05) is 63.8 Å². The van der Waals surface area contributed by atoms with Crippen molar-refractivity contribution >= 4 is 23.4 Å². The van der Waals surface area contributed by atoms with Crippen LogP contribution in [-0.4, -0.2) is 91.1 Å². The molecule has 3 fully saturated rings. The summed E-state index contributed by atoms with van der Waals surface area (Å²) in [5.41, 5.74) is -1.53. The largest absolute Gasteiger partial charge is 0.446 e. The first kappa shape index (κ1) is 25.4. The third kappa shape index (κ3) is 6.36. The maximum Gasteiger partial charge on any atom is 0.446 e. The van der Waals surface area contributed by atoms with Gasteiger partial charge in [0.05, 0.1) is 6.54 Å². The molecule has 1 amide bonds. The van der Waals surface area contributed by atoms with E-state index in [-0.39, 0.29) is 22.6 Å². The first-order valence-electron chi connectivity index (χ1n) is 12.8. The molecule has 1 aliphatic carbocycles. The van der Waals surface area contributed by atoms with Gasteiger partial charge in [-0.1, -0.05) is 30.7 Å². The van der Waals surface area contributed by atoms with Crippen molar-refractivity contribution in [3.63, 3.8) is 0 Å². The number of nitrogens with zero attached hydrogens (tertiary/aromatic N) is 4. The molecule has 0 aromatic heterocycles. The summed E-state index contributed by atoms with van der Waals surface area (Å²) in [6.07, 6.45) is 3.98. The van der Waals surface area contributed by atoms with E-state index in [2.05, 4.69) is 14.7 Å². The first-order valence-corrected chi connectivity index (χ1v) is 13.6. The Morgan fingerprint density at radius 1 is 0.861 bits per heavy atom. The molecule has 0 atom stereocenters. The van der Waals surface area contributed by atoms with Crippen molar-refractivity contribution in [3.05, 3.63) is 48.5 Å². The zero-order valence-corrected chi connectivity index (χ0v) is 21.2. The van der Waals surface area contributed by atoms with Crippen molar-refractivity contribution in [2.45, 2.75) is 35.7 Å². The Labute approximate surface area is 215 Å². The molecule has 3 aliphatic rings. The summed E-state index contributed by atoms with van der Waals surface area (Å²) >= 11 is -0.0889. The van der Waals surface area contributed by atoms with Gasteiger partial charge < -0.3 is 9.80 Å². The number of thioether (sulfide) groups is 1. The molecule has 9 heteroatoms. The molecule has 0 bridgehead atoms. The van der Waals surface area contributed by atoms with Crippen LogP contribution in [0.4, 0.5) is 18.9 Å². The van der Waals surface area contributed by atoms with Gasteiger partial charge in [0.25, 0.3) is 0 Å². The van der Waals surface area contributed by atoms with E-state index in [1.54, 1.807) is 12.1 Å². The molecule has 1 saturated carbocycles. The Balaban J connectivity index is 1.09. The second kappa shape index (κ2) is 11.0. The number of amides is 1. The molecule has 2 saturated heterocycles. The number of halogens is 3. The number of hydrogen-bond donors (Lipinski definition) is 0. The van der Waals surface area contributed by atoms with Crippen LogP contribution in [-0.2, 0) is 4.79 Å². The van der Waals surface area contributed by atoms with Crippen LogP contribution in [0.2, 0.25) is 0 Å². The van der Waals surface area contributed by atoms with Gasteiger partial charge in [0.1, 0.15) is 0 Å². The molecule has 0 spiro atoms. The topological polar surface area (TPSA) is 30.0 Å². The molecule has 194 valence electrons. The van der Waals surface area contributed by atoms with Crippen molar-refractivity contribution in [2.24, 2.45) is 0 Å². The second-order valence-corrected chi connectivity index (χ2v) is 11.0. The third-order valence-corrected chi connectivity index (χ3v) is 8.34. The predicted molar refractivity (Wildman–Crippen MR) is 138 cm³/mol. The fourth-order valence-electron chi connectivity index (χ4n) is 5.28. The quantitative estimate of drug-likeness (QED) is 0.514. The minimum Gasteiger partial charge on any atom is -0.369 e. The number of rotatable bonds is 6. The van der Waals surface area contributed by atoms with Gasteiger partial charge in [0.15, 0.2) is 0 Å². The van der Waals surface area contributed by atoms with E-state index >= 15 is 0 Å². The van der Waals surface area contributed by atoms with Crippen LogP contribution in [0.3, 0.4) is 0 Å². The summed E-state index contributed by atoms with van der Waals surface area (Å²) in [6.45, 7) is 7.57. The smallest absolute Gasteiger partial charge is 0.369 e. The highest BCUT2D eigenvalue weighted by Crippen LogP contribution is 2.38. The normalized spacial score (nSPS) is 20.4. The number of anilines is 1. The lowest BCUT2D eigenvalue weighted by molar-refractivity contribution is -0.134. The minimum absolute atomic E-state index is 0.0889. The van der Waals surface area contributed by atoms with Crippen LogP contribution < -0.4 is 4.90 Å². The monoisotopic (exact) mass is 518 g/mol. The SMILES string of the molecule is O=C(CN1CCN(c2ccc(-c3cccc(SC(F)(F)F)c3)cc2)CC1)N1CCN(C2CCC2)CC1. The van der Waals surface area contributed by atoms with E-state index in [4.69, 9.17) is 0 Å². The lowest BCUT2D eigenvalue weighted by atomic mass is 9.91. The van der Waals surface area contributed by atoms with Gasteiger partial charge in [-0.15, -0.1) is 0 Å². The fraction of sp³-hybridized carbons (Fsp3) is 0.519. The number of carbonyl (C=O) groups is 1. The number of alkyl halides is 3. The minimum atomic E-state index is -4.29. The average molecular weight is 519 g/mol. The highest BCUT2D eigenvalue weighted by molar-refractivity contribution is 8.00. The van der Waals surface area contributed by atoms with Crippen molar-refractivity contribution in [1.29, 1.82) is 0 Å². The molecule has 2 aromatic carbocycles. The summed E-state index contributed by atoms with van der Waals surface area (Å²) in [5, 5.41) is 0. The lowest BCUT2D eigenvalue weighted by Gasteiger charge is -2.43. The van der Waals surface area contributed by atoms with Crippen molar-refractivity contribution in [1.82, 2.24) is 14.7 Å². The first-order chi connectivity index (χ1) is 17.3. The highest BCUT2D eigenvalue weighted by Gasteiger charge is 2.31. The van der Waals surface area contributed by atoms with Crippen LogP contribution in [0, 0.1) is 0 Å². The van der Waals surface area contributed by atoms with E-state index in [1.807, 2.05) is 35.2 Å². The summed E-state index contributed by atoms with van der Waals surface area (Å²) in [5.74, 6) is 0.243. The summed E-state index contributed by atoms with van der Waals surface area (Å²) in [7, 11) is 0. The zero-order chi connectivity index (χ0) is 25.1. The van der Waals surface area contributed by atoms with Crippen LogP contribution in [0.15, 0.2) is 53.4 Å². The van der Waals surface area contributed by atoms with Crippen molar-refractivity contribution < 1.29 is 18.0 Å². The molecule has 5 nitrogen and oxygen atoms in total. The summed E-state index contributed by atoms with van der Waals surface area (Å²) in [4.78, 5) is 22.2. The van der Waals surface area contributed by atoms with Crippen LogP contribution in [0.25, 0.3) is 11.1 Å². The molecule has 2 aliphatic heterocycles. The Kier molecular flexibility index (Phi) is 7.79. The van der Waals surface area contributed by atoms with Gasteiger partial charge in [0, 0.05) is 69.0 Å². The maximum absolute atomic E-state index is 12.8. The Hall–Kier alpha value is -2.23. The molecule has 0 N–H and O–H groups in total. The van der Waals surface area contributed by atoms with E-state index in [0.29, 0.717) is 6.54 Å². The van der Waals surface area contributed by atoms with Gasteiger partial charge in [-0.3, -0.25) is 14.6 Å². The van der Waals surface area contributed by atoms with Crippen LogP contribution >= 0.6 is 11.8 Å². The lowest BCUT2D eigenvalue weighted by Crippen LogP contribution is -2.56. The Morgan fingerprint density at radius 3 is 2.17 bits per heavy atom. The summed E-state index contributed by atoms with van der Waals surface area (Å²) < 4.78 is 38.1. The van der Waals surface area contributed by atoms with Gasteiger partial charge >= 0.3 is 5.51 Å². The molecule has 36 heavy (non-hydrogen) atoms. The number of carbonyl (C=O) groups excluding carboxylic acids is 1. The molecule has 2 aromatic rings. The number of hydrogen-bond acceptors (Lipinski definition) is 5. The average Bonchev–Trinajstić information content (AvgIpc) is 2.83. The van der Waals surface area contributed by atoms with E-state index in [9.17, 15) is 18.0 Å².